The molecule has 0 aliphatic carbocycles. The third kappa shape index (κ3) is 3.15. The van der Waals surface area contributed by atoms with Crippen molar-refractivity contribution in [2.75, 3.05) is 45.9 Å². The zero-order chi connectivity index (χ0) is 13.8. The van der Waals surface area contributed by atoms with Crippen molar-refractivity contribution in [1.82, 2.24) is 9.80 Å². The standard InChI is InChI=1S/C17H26N2O/c1-2-8-18-9-11-19(12-10-18)14-15-7-13-20-17-6-4-3-5-16(15)17/h3-6,15H,2,7-14H2,1H3/t15-/m1/s1. The van der Waals surface area contributed by atoms with Crippen molar-refractivity contribution in [1.29, 1.82) is 0 Å². The molecule has 1 atom stereocenters. The van der Waals surface area contributed by atoms with E-state index in [9.17, 15) is 0 Å². The highest BCUT2D eigenvalue weighted by atomic mass is 16.5. The van der Waals surface area contributed by atoms with Crippen LogP contribution in [0.5, 0.6) is 5.75 Å². The summed E-state index contributed by atoms with van der Waals surface area (Å²) in [6.07, 6.45) is 2.43. The van der Waals surface area contributed by atoms with Gasteiger partial charge in [0.25, 0.3) is 0 Å². The number of para-hydroxylation sites is 1. The minimum Gasteiger partial charge on any atom is -0.493 e. The lowest BCUT2D eigenvalue weighted by Crippen LogP contribution is -2.47. The van der Waals surface area contributed by atoms with E-state index < -0.39 is 0 Å². The van der Waals surface area contributed by atoms with Gasteiger partial charge in [0.05, 0.1) is 6.61 Å². The Morgan fingerprint density at radius 2 is 1.85 bits per heavy atom. The minimum absolute atomic E-state index is 0.651. The van der Waals surface area contributed by atoms with Gasteiger partial charge >= 0.3 is 0 Å². The normalized spacial score (nSPS) is 24.1. The first-order valence-corrected chi connectivity index (χ1v) is 8.03. The van der Waals surface area contributed by atoms with Crippen molar-refractivity contribution in [3.05, 3.63) is 29.8 Å². The van der Waals surface area contributed by atoms with Crippen molar-refractivity contribution < 1.29 is 4.74 Å². The van der Waals surface area contributed by atoms with Gasteiger partial charge in [-0.05, 0) is 31.0 Å². The number of piperazine rings is 1. The van der Waals surface area contributed by atoms with Crippen LogP contribution < -0.4 is 4.74 Å². The van der Waals surface area contributed by atoms with E-state index in [2.05, 4.69) is 41.0 Å². The third-order valence-corrected chi connectivity index (χ3v) is 4.57. The average molecular weight is 274 g/mol. The van der Waals surface area contributed by atoms with Crippen LogP contribution in [0.1, 0.15) is 31.2 Å². The summed E-state index contributed by atoms with van der Waals surface area (Å²) in [6.45, 7) is 10.5. The van der Waals surface area contributed by atoms with Crippen LogP contribution in [0.15, 0.2) is 24.3 Å². The number of nitrogens with zero attached hydrogens (tertiary/aromatic N) is 2. The lowest BCUT2D eigenvalue weighted by atomic mass is 9.92. The molecule has 0 saturated carbocycles. The molecule has 0 aromatic heterocycles. The predicted octanol–water partition coefficient (Wildman–Crippen LogP) is 2.58. The van der Waals surface area contributed by atoms with Crippen LogP contribution >= 0.6 is 0 Å². The molecule has 1 fully saturated rings. The first-order chi connectivity index (χ1) is 9.86. The third-order valence-electron chi connectivity index (χ3n) is 4.57. The van der Waals surface area contributed by atoms with Gasteiger partial charge in [-0.25, -0.2) is 0 Å². The molecule has 0 radical (unpaired) electrons. The van der Waals surface area contributed by atoms with Gasteiger partial charge in [-0.15, -0.1) is 0 Å². The first kappa shape index (κ1) is 13.9. The molecular weight excluding hydrogens is 248 g/mol. The molecule has 3 rings (SSSR count). The lowest BCUT2D eigenvalue weighted by molar-refractivity contribution is 0.120. The second-order valence-electron chi connectivity index (χ2n) is 6.01. The van der Waals surface area contributed by atoms with Crippen LogP contribution in [0.3, 0.4) is 0 Å². The molecular formula is C17H26N2O. The van der Waals surface area contributed by atoms with Crippen LogP contribution in [0.25, 0.3) is 0 Å². The van der Waals surface area contributed by atoms with Crippen LogP contribution in [-0.2, 0) is 0 Å². The molecule has 110 valence electrons. The summed E-state index contributed by atoms with van der Waals surface area (Å²) in [5.74, 6) is 1.76. The molecule has 3 heteroatoms. The molecule has 20 heavy (non-hydrogen) atoms. The number of ether oxygens (including phenoxy) is 1. The highest BCUT2D eigenvalue weighted by molar-refractivity contribution is 5.37. The maximum Gasteiger partial charge on any atom is 0.122 e. The molecule has 0 unspecified atom stereocenters. The van der Waals surface area contributed by atoms with E-state index in [4.69, 9.17) is 4.74 Å². The molecule has 2 aliphatic rings. The minimum atomic E-state index is 0.651. The summed E-state index contributed by atoms with van der Waals surface area (Å²) >= 11 is 0. The molecule has 0 spiro atoms. The molecule has 0 bridgehead atoms. The average Bonchev–Trinajstić information content (AvgIpc) is 2.50. The monoisotopic (exact) mass is 274 g/mol. The fourth-order valence-corrected chi connectivity index (χ4v) is 3.43. The second kappa shape index (κ2) is 6.59. The highest BCUT2D eigenvalue weighted by Crippen LogP contribution is 2.33. The van der Waals surface area contributed by atoms with E-state index in [-0.39, 0.29) is 0 Å². The van der Waals surface area contributed by atoms with E-state index in [1.165, 1.54) is 51.3 Å². The smallest absolute Gasteiger partial charge is 0.122 e. The first-order valence-electron chi connectivity index (χ1n) is 8.03. The molecule has 2 aliphatic heterocycles. The Hall–Kier alpha value is -1.06. The van der Waals surface area contributed by atoms with Gasteiger partial charge in [0.2, 0.25) is 0 Å². The molecule has 1 saturated heterocycles. The number of fused-ring (bicyclic) bond motifs is 1. The topological polar surface area (TPSA) is 15.7 Å². The Morgan fingerprint density at radius 3 is 2.65 bits per heavy atom. The Bertz CT molecular complexity index is 427. The summed E-state index contributed by atoms with van der Waals surface area (Å²) in [6, 6.07) is 8.57. The summed E-state index contributed by atoms with van der Waals surface area (Å²) in [7, 11) is 0. The molecule has 3 nitrogen and oxygen atoms in total. The van der Waals surface area contributed by atoms with Gasteiger partial charge in [-0.1, -0.05) is 25.1 Å². The largest absolute Gasteiger partial charge is 0.493 e. The van der Waals surface area contributed by atoms with Crippen LogP contribution in [0, 0.1) is 0 Å². The van der Waals surface area contributed by atoms with E-state index in [0.29, 0.717) is 5.92 Å². The van der Waals surface area contributed by atoms with Gasteiger partial charge in [0, 0.05) is 38.6 Å². The fourth-order valence-electron chi connectivity index (χ4n) is 3.43. The van der Waals surface area contributed by atoms with E-state index in [0.717, 1.165) is 18.8 Å². The van der Waals surface area contributed by atoms with E-state index in [1.54, 1.807) is 0 Å². The molecule has 1 aromatic carbocycles. The maximum absolute atomic E-state index is 5.77. The summed E-state index contributed by atoms with van der Waals surface area (Å²) in [5.41, 5.74) is 1.41. The zero-order valence-electron chi connectivity index (χ0n) is 12.6. The fraction of sp³-hybridized carbons (Fsp3) is 0.647. The number of hydrogen-bond acceptors (Lipinski definition) is 3. The van der Waals surface area contributed by atoms with Crippen molar-refractivity contribution in [3.63, 3.8) is 0 Å². The predicted molar refractivity (Wildman–Crippen MR) is 82.5 cm³/mol. The summed E-state index contributed by atoms with van der Waals surface area (Å²) < 4.78 is 5.77. The molecule has 0 amide bonds. The molecule has 2 heterocycles. The van der Waals surface area contributed by atoms with Gasteiger partial charge < -0.3 is 14.5 Å². The van der Waals surface area contributed by atoms with Gasteiger partial charge in [-0.3, -0.25) is 0 Å². The Balaban J connectivity index is 1.57. The summed E-state index contributed by atoms with van der Waals surface area (Å²) in [5, 5.41) is 0. The van der Waals surface area contributed by atoms with Crippen LogP contribution in [0.4, 0.5) is 0 Å². The van der Waals surface area contributed by atoms with Crippen LogP contribution in [0.2, 0.25) is 0 Å². The van der Waals surface area contributed by atoms with Crippen LogP contribution in [-0.4, -0.2) is 55.7 Å². The number of benzene rings is 1. The number of hydrogen-bond donors (Lipinski definition) is 0. The van der Waals surface area contributed by atoms with Gasteiger partial charge in [-0.2, -0.15) is 0 Å². The number of rotatable bonds is 4. The van der Waals surface area contributed by atoms with E-state index >= 15 is 0 Å². The summed E-state index contributed by atoms with van der Waals surface area (Å²) in [4.78, 5) is 5.23. The zero-order valence-corrected chi connectivity index (χ0v) is 12.6. The van der Waals surface area contributed by atoms with Crippen molar-refractivity contribution in [2.45, 2.75) is 25.7 Å². The van der Waals surface area contributed by atoms with Crippen molar-refractivity contribution in [3.8, 4) is 5.75 Å². The second-order valence-corrected chi connectivity index (χ2v) is 6.01. The molecule has 1 aromatic rings. The van der Waals surface area contributed by atoms with E-state index in [1.807, 2.05) is 0 Å². The van der Waals surface area contributed by atoms with Crippen molar-refractivity contribution >= 4 is 0 Å². The Labute approximate surface area is 122 Å². The van der Waals surface area contributed by atoms with Crippen molar-refractivity contribution in [2.24, 2.45) is 0 Å². The highest BCUT2D eigenvalue weighted by Gasteiger charge is 2.25. The Kier molecular flexibility index (Phi) is 4.58. The van der Waals surface area contributed by atoms with Gasteiger partial charge in [0.1, 0.15) is 5.75 Å². The maximum atomic E-state index is 5.77. The SMILES string of the molecule is CCCN1CCN(C[C@H]2CCOc3ccccc32)CC1. The quantitative estimate of drug-likeness (QED) is 0.839. The molecule has 0 N–H and O–H groups in total. The Morgan fingerprint density at radius 1 is 1.10 bits per heavy atom. The lowest BCUT2D eigenvalue weighted by Gasteiger charge is -2.37. The van der Waals surface area contributed by atoms with Gasteiger partial charge in [0.15, 0.2) is 0 Å².